The zero-order valence-electron chi connectivity index (χ0n) is 19.7. The molecule has 0 radical (unpaired) electrons. The van der Waals surface area contributed by atoms with E-state index >= 15 is 0 Å². The molecule has 1 aromatic rings. The summed E-state index contributed by atoms with van der Waals surface area (Å²) in [5.74, 6) is 0.681. The van der Waals surface area contributed by atoms with E-state index in [2.05, 4.69) is 5.32 Å². The second-order valence-electron chi connectivity index (χ2n) is 8.71. The monoisotopic (exact) mass is 455 g/mol. The Labute approximate surface area is 195 Å². The normalized spacial score (nSPS) is 23.1. The maximum Gasteiger partial charge on any atom is 0.256 e. The van der Waals surface area contributed by atoms with E-state index in [-0.39, 0.29) is 24.2 Å². The van der Waals surface area contributed by atoms with Gasteiger partial charge in [0.15, 0.2) is 0 Å². The van der Waals surface area contributed by atoms with Crippen molar-refractivity contribution in [1.82, 2.24) is 5.32 Å². The van der Waals surface area contributed by atoms with Gasteiger partial charge in [0.25, 0.3) is 5.91 Å². The number of nitrogens with one attached hydrogen (secondary N) is 1. The summed E-state index contributed by atoms with van der Waals surface area (Å²) in [6.07, 6.45) is 6.57. The molecule has 0 aromatic heterocycles. The molecule has 0 bridgehead atoms. The van der Waals surface area contributed by atoms with Crippen LogP contribution in [0.2, 0.25) is 0 Å². The quantitative estimate of drug-likeness (QED) is 0.679. The zero-order chi connectivity index (χ0) is 23.4. The van der Waals surface area contributed by atoms with Gasteiger partial charge in [-0.1, -0.05) is 12.1 Å². The molecule has 1 amide bonds. The van der Waals surface area contributed by atoms with Crippen molar-refractivity contribution in [3.05, 3.63) is 47.7 Å². The molecule has 0 aliphatic carbocycles. The molecule has 1 fully saturated rings. The van der Waals surface area contributed by atoms with E-state index in [0.717, 1.165) is 34.8 Å². The molecule has 178 valence electrons. The highest BCUT2D eigenvalue weighted by Crippen LogP contribution is 2.37. The van der Waals surface area contributed by atoms with E-state index in [9.17, 15) is 4.79 Å². The molecule has 1 unspecified atom stereocenters. The van der Waals surface area contributed by atoms with Gasteiger partial charge in [-0.3, -0.25) is 4.79 Å². The third-order valence-corrected chi connectivity index (χ3v) is 5.98. The Kier molecular flexibility index (Phi) is 7.60. The van der Waals surface area contributed by atoms with Gasteiger partial charge < -0.3 is 29.2 Å². The lowest BCUT2D eigenvalue weighted by Crippen LogP contribution is -2.46. The van der Waals surface area contributed by atoms with Crippen LogP contribution in [-0.2, 0) is 23.7 Å². The summed E-state index contributed by atoms with van der Waals surface area (Å²) in [6.45, 7) is 5.26. The highest BCUT2D eigenvalue weighted by atomic mass is 16.5. The van der Waals surface area contributed by atoms with Crippen LogP contribution < -0.4 is 10.2 Å². The van der Waals surface area contributed by atoms with Gasteiger partial charge in [0.1, 0.15) is 18.0 Å². The molecule has 4 rings (SSSR count). The number of carbonyl (C=O) groups is 1. The number of carbonyl (C=O) groups excluding carboxylic acids is 1. The van der Waals surface area contributed by atoms with Gasteiger partial charge in [-0.2, -0.15) is 0 Å². The van der Waals surface area contributed by atoms with Gasteiger partial charge >= 0.3 is 0 Å². The first-order valence-electron chi connectivity index (χ1n) is 11.5. The number of dihydropyridines is 1. The number of fused-ring (bicyclic) bond motifs is 2. The summed E-state index contributed by atoms with van der Waals surface area (Å²) in [7, 11) is 3.29. The molecule has 0 saturated carbocycles. The standard InChI is InChI=1S/C25H33N3O5/c1-16(2)33-19-8-10-22(32-14-19)25(29)28-13-18-6-5-11-26-24(18)27-20-9-7-17(12-21(20)28)23(31-4)15-30-3/h5-7,9,11-12,16,19,22-23H,8,10,13-15H2,1-4H3,(H,26,27)/t19-,22+,23?/m0/s1. The SMILES string of the molecule is COCC(OC)c1ccc2c(c1)N(C(=O)[C@H]1CC[C@H](OC(C)C)CO1)CC1=CC=CNC1=N2. The van der Waals surface area contributed by atoms with E-state index in [1.807, 2.05) is 50.4 Å². The predicted octanol–water partition coefficient (Wildman–Crippen LogP) is 3.41. The number of aliphatic imine (C=N–C) groups is 1. The molecule has 33 heavy (non-hydrogen) atoms. The molecule has 8 nitrogen and oxygen atoms in total. The Hall–Kier alpha value is -2.52. The molecule has 3 atom stereocenters. The summed E-state index contributed by atoms with van der Waals surface area (Å²) in [5, 5.41) is 3.20. The number of benzene rings is 1. The summed E-state index contributed by atoms with van der Waals surface area (Å²) in [4.78, 5) is 20.3. The Morgan fingerprint density at radius 3 is 2.85 bits per heavy atom. The molecular weight excluding hydrogens is 422 g/mol. The van der Waals surface area contributed by atoms with Crippen molar-refractivity contribution in [2.75, 3.05) is 38.9 Å². The van der Waals surface area contributed by atoms with Crippen molar-refractivity contribution >= 4 is 23.1 Å². The number of methoxy groups -OCH3 is 2. The molecule has 0 spiro atoms. The fourth-order valence-electron chi connectivity index (χ4n) is 4.36. The van der Waals surface area contributed by atoms with Crippen LogP contribution in [-0.4, -0.2) is 64.0 Å². The second kappa shape index (κ2) is 10.6. The number of allylic oxidation sites excluding steroid dienone is 2. The number of hydrogen-bond acceptors (Lipinski definition) is 7. The van der Waals surface area contributed by atoms with Crippen molar-refractivity contribution in [3.63, 3.8) is 0 Å². The van der Waals surface area contributed by atoms with E-state index < -0.39 is 6.10 Å². The Morgan fingerprint density at radius 1 is 1.30 bits per heavy atom. The molecule has 1 aromatic carbocycles. The van der Waals surface area contributed by atoms with Crippen molar-refractivity contribution in [2.24, 2.45) is 4.99 Å². The van der Waals surface area contributed by atoms with Crippen LogP contribution in [0.25, 0.3) is 0 Å². The van der Waals surface area contributed by atoms with E-state index in [0.29, 0.717) is 26.2 Å². The van der Waals surface area contributed by atoms with E-state index in [4.69, 9.17) is 23.9 Å². The first kappa shape index (κ1) is 23.6. The van der Waals surface area contributed by atoms with Gasteiger partial charge in [0.05, 0.1) is 43.3 Å². The zero-order valence-corrected chi connectivity index (χ0v) is 19.7. The fraction of sp³-hybridized carbons (Fsp3) is 0.520. The van der Waals surface area contributed by atoms with Crippen molar-refractivity contribution in [2.45, 2.75) is 51.1 Å². The third kappa shape index (κ3) is 5.35. The van der Waals surface area contributed by atoms with Crippen molar-refractivity contribution < 1.29 is 23.7 Å². The molecule has 3 heterocycles. The van der Waals surface area contributed by atoms with Crippen LogP contribution >= 0.6 is 0 Å². The van der Waals surface area contributed by atoms with Crippen molar-refractivity contribution in [1.29, 1.82) is 0 Å². The minimum atomic E-state index is -0.514. The van der Waals surface area contributed by atoms with Crippen LogP contribution in [0.5, 0.6) is 0 Å². The number of anilines is 1. The number of hydrogen-bond donors (Lipinski definition) is 1. The predicted molar refractivity (Wildman–Crippen MR) is 127 cm³/mol. The van der Waals surface area contributed by atoms with Crippen LogP contribution in [0.4, 0.5) is 11.4 Å². The van der Waals surface area contributed by atoms with E-state index in [1.54, 1.807) is 19.1 Å². The van der Waals surface area contributed by atoms with Gasteiger partial charge in [0, 0.05) is 26.0 Å². The maximum atomic E-state index is 13.7. The highest BCUT2D eigenvalue weighted by Gasteiger charge is 2.35. The Balaban J connectivity index is 1.64. The summed E-state index contributed by atoms with van der Waals surface area (Å²) in [6, 6.07) is 5.87. The molecular formula is C25H33N3O5. The van der Waals surface area contributed by atoms with Crippen LogP contribution in [0, 0.1) is 0 Å². The number of rotatable bonds is 7. The summed E-state index contributed by atoms with van der Waals surface area (Å²) >= 11 is 0. The largest absolute Gasteiger partial charge is 0.382 e. The lowest BCUT2D eigenvalue weighted by Gasteiger charge is -2.33. The Morgan fingerprint density at radius 2 is 2.15 bits per heavy atom. The average Bonchev–Trinajstić information content (AvgIpc) is 2.98. The minimum absolute atomic E-state index is 0.0268. The first-order valence-corrected chi connectivity index (χ1v) is 11.5. The lowest BCUT2D eigenvalue weighted by molar-refractivity contribution is -0.143. The first-order chi connectivity index (χ1) is 16.0. The van der Waals surface area contributed by atoms with Crippen molar-refractivity contribution in [3.8, 4) is 0 Å². The minimum Gasteiger partial charge on any atom is -0.382 e. The van der Waals surface area contributed by atoms with Gasteiger partial charge in [-0.15, -0.1) is 0 Å². The molecule has 8 heteroatoms. The molecule has 1 N–H and O–H groups in total. The molecule has 3 aliphatic heterocycles. The number of amides is 1. The molecule has 3 aliphatic rings. The summed E-state index contributed by atoms with van der Waals surface area (Å²) in [5.41, 5.74) is 3.33. The molecule has 1 saturated heterocycles. The smallest absolute Gasteiger partial charge is 0.256 e. The number of amidine groups is 1. The average molecular weight is 456 g/mol. The highest BCUT2D eigenvalue weighted by molar-refractivity contribution is 6.09. The van der Waals surface area contributed by atoms with Crippen LogP contribution in [0.1, 0.15) is 38.4 Å². The Bertz CT molecular complexity index is 947. The van der Waals surface area contributed by atoms with Crippen LogP contribution in [0.3, 0.4) is 0 Å². The maximum absolute atomic E-state index is 13.7. The fourth-order valence-corrected chi connectivity index (χ4v) is 4.36. The number of nitrogens with zero attached hydrogens (tertiary/aromatic N) is 2. The summed E-state index contributed by atoms with van der Waals surface area (Å²) < 4.78 is 22.8. The van der Waals surface area contributed by atoms with Gasteiger partial charge in [-0.05, 0) is 50.5 Å². The lowest BCUT2D eigenvalue weighted by atomic mass is 10.0. The topological polar surface area (TPSA) is 81.6 Å². The third-order valence-electron chi connectivity index (χ3n) is 5.98. The second-order valence-corrected chi connectivity index (χ2v) is 8.71. The number of ether oxygens (including phenoxy) is 4. The van der Waals surface area contributed by atoms with Gasteiger partial charge in [-0.25, -0.2) is 4.99 Å². The van der Waals surface area contributed by atoms with E-state index in [1.165, 1.54) is 0 Å². The van der Waals surface area contributed by atoms with Crippen LogP contribution in [0.15, 0.2) is 47.1 Å². The van der Waals surface area contributed by atoms with Gasteiger partial charge in [0.2, 0.25) is 0 Å².